The van der Waals surface area contributed by atoms with Crippen LogP contribution in [0.3, 0.4) is 0 Å². The monoisotopic (exact) mass is 181 g/mol. The molecule has 0 spiro atoms. The average molecular weight is 181 g/mol. The van der Waals surface area contributed by atoms with Gasteiger partial charge in [0.15, 0.2) is 5.90 Å². The molecule has 0 aromatic carbocycles. The zero-order chi connectivity index (χ0) is 10.3. The van der Waals surface area contributed by atoms with E-state index >= 15 is 0 Å². The van der Waals surface area contributed by atoms with Crippen LogP contribution in [-0.4, -0.2) is 13.0 Å². The Bertz CT molecular complexity index is 230. The van der Waals surface area contributed by atoms with Crippen molar-refractivity contribution < 1.29 is 4.74 Å². The van der Waals surface area contributed by atoms with E-state index in [4.69, 9.17) is 4.74 Å². The Hall–Kier alpha value is -1.05. The third kappa shape index (κ3) is 5.23. The van der Waals surface area contributed by atoms with Gasteiger partial charge in [-0.25, -0.2) is 4.99 Å². The summed E-state index contributed by atoms with van der Waals surface area (Å²) in [6, 6.07) is 0. The number of ether oxygens (including phenoxy) is 1. The lowest BCUT2D eigenvalue weighted by Gasteiger charge is -2.01. The second kappa shape index (κ2) is 6.46. The number of allylic oxidation sites excluding steroid dienone is 4. The van der Waals surface area contributed by atoms with Crippen LogP contribution in [0.1, 0.15) is 34.1 Å². The second-order valence-electron chi connectivity index (χ2n) is 2.88. The van der Waals surface area contributed by atoms with Crippen LogP contribution < -0.4 is 0 Å². The number of nitrogens with zero attached hydrogens (tertiary/aromatic N) is 1. The van der Waals surface area contributed by atoms with Gasteiger partial charge in [0.1, 0.15) is 0 Å². The topological polar surface area (TPSA) is 21.6 Å². The Labute approximate surface area is 81.0 Å². The predicted octanol–water partition coefficient (Wildman–Crippen LogP) is 3.31. The van der Waals surface area contributed by atoms with Gasteiger partial charge in [0.05, 0.1) is 7.11 Å². The number of methoxy groups -OCH3 is 1. The molecule has 74 valence electrons. The molecule has 13 heavy (non-hydrogen) atoms. The zero-order valence-electron chi connectivity index (χ0n) is 9.22. The van der Waals surface area contributed by atoms with E-state index in [-0.39, 0.29) is 0 Å². The summed E-state index contributed by atoms with van der Waals surface area (Å²) >= 11 is 0. The lowest BCUT2D eigenvalue weighted by molar-refractivity contribution is 0.392. The fraction of sp³-hybridized carbons (Fsp3) is 0.545. The quantitative estimate of drug-likeness (QED) is 0.372. The maximum Gasteiger partial charge on any atom is 0.187 e. The van der Waals surface area contributed by atoms with Crippen LogP contribution in [0.2, 0.25) is 0 Å². The zero-order valence-corrected chi connectivity index (χ0v) is 9.22. The fourth-order valence-electron chi connectivity index (χ4n) is 0.911. The van der Waals surface area contributed by atoms with Crippen molar-refractivity contribution in [3.8, 4) is 0 Å². The first kappa shape index (κ1) is 11.9. The minimum absolute atomic E-state index is 0.776. The molecule has 0 heterocycles. The number of aliphatic imine (C=N–C) groups is 1. The summed E-state index contributed by atoms with van der Waals surface area (Å²) in [4.78, 5) is 4.32. The Balaban J connectivity index is 4.51. The Morgan fingerprint density at radius 1 is 1.38 bits per heavy atom. The van der Waals surface area contributed by atoms with Crippen molar-refractivity contribution >= 4 is 5.90 Å². The van der Waals surface area contributed by atoms with Crippen molar-refractivity contribution in [2.75, 3.05) is 7.11 Å². The third-order valence-corrected chi connectivity index (χ3v) is 1.73. The minimum Gasteiger partial charge on any atom is -0.484 e. The van der Waals surface area contributed by atoms with Crippen LogP contribution >= 0.6 is 0 Å². The van der Waals surface area contributed by atoms with Crippen molar-refractivity contribution in [1.82, 2.24) is 0 Å². The SMILES string of the molecule is C\C=C(C)/C=C(C)/N=C(/CC)OC. The lowest BCUT2D eigenvalue weighted by atomic mass is 10.2. The van der Waals surface area contributed by atoms with Crippen LogP contribution in [0.5, 0.6) is 0 Å². The molecule has 2 nitrogen and oxygen atoms in total. The largest absolute Gasteiger partial charge is 0.484 e. The van der Waals surface area contributed by atoms with Gasteiger partial charge in [0.25, 0.3) is 0 Å². The number of hydrogen-bond acceptors (Lipinski definition) is 2. The molecular formula is C11H19NO. The molecule has 0 aromatic heterocycles. The van der Waals surface area contributed by atoms with Crippen molar-refractivity contribution in [2.45, 2.75) is 34.1 Å². The average Bonchev–Trinajstić information content (AvgIpc) is 2.13. The Morgan fingerprint density at radius 3 is 2.38 bits per heavy atom. The van der Waals surface area contributed by atoms with Crippen LogP contribution in [-0.2, 0) is 4.74 Å². The molecule has 0 radical (unpaired) electrons. The highest BCUT2D eigenvalue weighted by molar-refractivity contribution is 5.76. The molecule has 0 amide bonds. The van der Waals surface area contributed by atoms with E-state index in [2.05, 4.69) is 18.0 Å². The summed E-state index contributed by atoms with van der Waals surface area (Å²) in [5.74, 6) is 0.776. The number of rotatable bonds is 3. The highest BCUT2D eigenvalue weighted by Gasteiger charge is 1.93. The van der Waals surface area contributed by atoms with E-state index in [1.165, 1.54) is 5.57 Å². The van der Waals surface area contributed by atoms with E-state index in [0.717, 1.165) is 18.0 Å². The van der Waals surface area contributed by atoms with Gasteiger partial charge in [0, 0.05) is 12.1 Å². The smallest absolute Gasteiger partial charge is 0.187 e. The maximum absolute atomic E-state index is 5.08. The molecule has 0 aliphatic heterocycles. The van der Waals surface area contributed by atoms with E-state index in [0.29, 0.717) is 0 Å². The van der Waals surface area contributed by atoms with Gasteiger partial charge in [-0.2, -0.15) is 0 Å². The van der Waals surface area contributed by atoms with Crippen molar-refractivity contribution in [3.05, 3.63) is 23.4 Å². The molecule has 0 bridgehead atoms. The molecule has 0 atom stereocenters. The molecule has 0 saturated carbocycles. The van der Waals surface area contributed by atoms with E-state index in [9.17, 15) is 0 Å². The number of hydrogen-bond donors (Lipinski definition) is 0. The molecule has 2 heteroatoms. The summed E-state index contributed by atoms with van der Waals surface area (Å²) in [5, 5.41) is 0. The summed E-state index contributed by atoms with van der Waals surface area (Å²) in [5.41, 5.74) is 2.20. The van der Waals surface area contributed by atoms with E-state index < -0.39 is 0 Å². The molecule has 0 aromatic rings. The van der Waals surface area contributed by atoms with Gasteiger partial charge in [-0.3, -0.25) is 0 Å². The van der Waals surface area contributed by atoms with Crippen LogP contribution in [0, 0.1) is 0 Å². The fourth-order valence-corrected chi connectivity index (χ4v) is 0.911. The molecular weight excluding hydrogens is 162 g/mol. The van der Waals surface area contributed by atoms with Gasteiger partial charge in [-0.1, -0.05) is 18.6 Å². The molecule has 0 N–H and O–H groups in total. The van der Waals surface area contributed by atoms with Gasteiger partial charge < -0.3 is 4.74 Å². The lowest BCUT2D eigenvalue weighted by Crippen LogP contribution is -1.98. The first-order chi connectivity index (χ1) is 6.13. The normalized spacial score (nSPS) is 14.7. The third-order valence-electron chi connectivity index (χ3n) is 1.73. The van der Waals surface area contributed by atoms with Crippen molar-refractivity contribution in [1.29, 1.82) is 0 Å². The second-order valence-corrected chi connectivity index (χ2v) is 2.88. The minimum atomic E-state index is 0.776. The summed E-state index contributed by atoms with van der Waals surface area (Å²) in [7, 11) is 1.65. The van der Waals surface area contributed by atoms with E-state index in [1.807, 2.05) is 26.8 Å². The van der Waals surface area contributed by atoms with Gasteiger partial charge in [-0.15, -0.1) is 0 Å². The van der Waals surface area contributed by atoms with E-state index in [1.54, 1.807) is 7.11 Å². The Morgan fingerprint density at radius 2 is 2.00 bits per heavy atom. The van der Waals surface area contributed by atoms with Crippen molar-refractivity contribution in [2.24, 2.45) is 4.99 Å². The molecule has 0 aliphatic carbocycles. The van der Waals surface area contributed by atoms with Crippen LogP contribution in [0.4, 0.5) is 0 Å². The van der Waals surface area contributed by atoms with Gasteiger partial charge in [-0.05, 0) is 26.8 Å². The molecule has 0 unspecified atom stereocenters. The Kier molecular flexibility index (Phi) is 5.94. The van der Waals surface area contributed by atoms with Crippen molar-refractivity contribution in [3.63, 3.8) is 0 Å². The standard InChI is InChI=1S/C11H19NO/c1-6-9(3)8-10(4)12-11(7-2)13-5/h6,8H,7H2,1-5H3/b9-6-,10-8+,12-11-. The highest BCUT2D eigenvalue weighted by atomic mass is 16.5. The van der Waals surface area contributed by atoms with Gasteiger partial charge in [0.2, 0.25) is 0 Å². The predicted molar refractivity (Wildman–Crippen MR) is 57.9 cm³/mol. The molecule has 0 fully saturated rings. The summed E-state index contributed by atoms with van der Waals surface area (Å²) < 4.78 is 5.08. The summed E-state index contributed by atoms with van der Waals surface area (Å²) in [6.45, 7) is 8.07. The van der Waals surface area contributed by atoms with Crippen LogP contribution in [0.25, 0.3) is 0 Å². The highest BCUT2D eigenvalue weighted by Crippen LogP contribution is 2.04. The van der Waals surface area contributed by atoms with Crippen LogP contribution in [0.15, 0.2) is 28.4 Å². The molecule has 0 saturated heterocycles. The molecule has 0 aliphatic rings. The molecule has 0 rings (SSSR count). The maximum atomic E-state index is 5.08. The first-order valence-electron chi connectivity index (χ1n) is 4.56. The first-order valence-corrected chi connectivity index (χ1v) is 4.56. The summed E-state index contributed by atoms with van der Waals surface area (Å²) in [6.07, 6.45) is 4.92. The van der Waals surface area contributed by atoms with Gasteiger partial charge >= 0.3 is 0 Å².